The molecule has 2 aromatic heterocycles. The number of nitrogens with one attached hydrogen (secondary N) is 1. The molecule has 1 aliphatic rings. The van der Waals surface area contributed by atoms with Gasteiger partial charge >= 0.3 is 0 Å². The molecule has 7 heteroatoms. The first-order valence-corrected chi connectivity index (χ1v) is 7.24. The second-order valence-corrected chi connectivity index (χ2v) is 5.90. The summed E-state index contributed by atoms with van der Waals surface area (Å²) in [5.41, 5.74) is 5.65. The van der Waals surface area contributed by atoms with Gasteiger partial charge in [-0.25, -0.2) is 9.97 Å². The first-order valence-electron chi connectivity index (χ1n) is 6.43. The Morgan fingerprint density at radius 3 is 2.47 bits per heavy atom. The summed E-state index contributed by atoms with van der Waals surface area (Å²) in [6.07, 6.45) is 5.56. The van der Waals surface area contributed by atoms with E-state index in [1.54, 1.807) is 17.5 Å². The Morgan fingerprint density at radius 2 is 1.89 bits per heavy atom. The van der Waals surface area contributed by atoms with Crippen LogP contribution in [0.2, 0.25) is 0 Å². The number of anilines is 1. The zero-order valence-electron chi connectivity index (χ0n) is 10.7. The third kappa shape index (κ3) is 3.31. The van der Waals surface area contributed by atoms with Gasteiger partial charge in [0.2, 0.25) is 0 Å². The Bertz CT molecular complexity index is 500. The maximum Gasteiger partial charge on any atom is 0.180 e. The molecule has 1 saturated heterocycles. The third-order valence-electron chi connectivity index (χ3n) is 3.34. The number of thiazole rings is 1. The monoisotopic (exact) mass is 278 g/mol. The van der Waals surface area contributed by atoms with Gasteiger partial charge in [-0.3, -0.25) is 9.80 Å². The van der Waals surface area contributed by atoms with Crippen LogP contribution < -0.4 is 5.73 Å². The standard InChI is InChI=1S/C12H18N6S/c13-12-16-7-10(19-12)8-17-3-5-18(6-4-17)9-11-14-1-2-15-11/h1-2,7H,3-6,8-9H2,(H2,13,16)(H,14,15). The van der Waals surface area contributed by atoms with Crippen LogP contribution in [-0.4, -0.2) is 50.9 Å². The summed E-state index contributed by atoms with van der Waals surface area (Å²) in [4.78, 5) is 17.6. The van der Waals surface area contributed by atoms with Crippen molar-refractivity contribution in [1.82, 2.24) is 24.8 Å². The van der Waals surface area contributed by atoms with E-state index >= 15 is 0 Å². The lowest BCUT2D eigenvalue weighted by atomic mass is 10.3. The molecular formula is C12H18N6S. The van der Waals surface area contributed by atoms with Crippen molar-refractivity contribution in [2.75, 3.05) is 31.9 Å². The summed E-state index contributed by atoms with van der Waals surface area (Å²) in [6.45, 7) is 6.19. The van der Waals surface area contributed by atoms with E-state index in [1.807, 2.05) is 12.4 Å². The van der Waals surface area contributed by atoms with Crippen molar-refractivity contribution >= 4 is 16.5 Å². The van der Waals surface area contributed by atoms with Gasteiger partial charge in [0.1, 0.15) is 5.82 Å². The number of imidazole rings is 1. The molecule has 0 aliphatic carbocycles. The number of rotatable bonds is 4. The average molecular weight is 278 g/mol. The van der Waals surface area contributed by atoms with E-state index in [0.717, 1.165) is 45.1 Å². The summed E-state index contributed by atoms with van der Waals surface area (Å²) in [5, 5.41) is 0.659. The van der Waals surface area contributed by atoms with E-state index in [2.05, 4.69) is 24.8 Å². The molecule has 0 unspecified atom stereocenters. The third-order valence-corrected chi connectivity index (χ3v) is 4.16. The van der Waals surface area contributed by atoms with E-state index in [4.69, 9.17) is 5.73 Å². The Labute approximate surface area is 116 Å². The molecule has 19 heavy (non-hydrogen) atoms. The normalized spacial score (nSPS) is 17.9. The van der Waals surface area contributed by atoms with Gasteiger partial charge in [0.05, 0.1) is 6.54 Å². The molecule has 3 rings (SSSR count). The molecule has 3 N–H and O–H groups in total. The lowest BCUT2D eigenvalue weighted by Crippen LogP contribution is -2.45. The Morgan fingerprint density at radius 1 is 1.16 bits per heavy atom. The Kier molecular flexibility index (Phi) is 3.77. The number of hydrogen-bond donors (Lipinski definition) is 2. The van der Waals surface area contributed by atoms with Crippen molar-refractivity contribution in [3.63, 3.8) is 0 Å². The van der Waals surface area contributed by atoms with Gasteiger partial charge in [-0.15, -0.1) is 11.3 Å². The van der Waals surface area contributed by atoms with Crippen LogP contribution in [0.1, 0.15) is 10.7 Å². The summed E-state index contributed by atoms with van der Waals surface area (Å²) >= 11 is 1.58. The predicted molar refractivity (Wildman–Crippen MR) is 75.7 cm³/mol. The Hall–Kier alpha value is -1.44. The predicted octanol–water partition coefficient (Wildman–Crippen LogP) is 0.766. The second kappa shape index (κ2) is 5.68. The first kappa shape index (κ1) is 12.6. The number of aromatic nitrogens is 3. The number of H-pyrrole nitrogens is 1. The summed E-state index contributed by atoms with van der Waals surface area (Å²) in [5.74, 6) is 1.05. The minimum absolute atomic E-state index is 0.659. The van der Waals surface area contributed by atoms with E-state index < -0.39 is 0 Å². The van der Waals surface area contributed by atoms with Gasteiger partial charge in [-0.2, -0.15) is 0 Å². The number of aromatic amines is 1. The highest BCUT2D eigenvalue weighted by Crippen LogP contribution is 2.17. The van der Waals surface area contributed by atoms with Crippen LogP contribution in [0, 0.1) is 0 Å². The summed E-state index contributed by atoms with van der Waals surface area (Å²) in [6, 6.07) is 0. The zero-order valence-corrected chi connectivity index (χ0v) is 11.6. The van der Waals surface area contributed by atoms with Crippen molar-refractivity contribution in [3.8, 4) is 0 Å². The van der Waals surface area contributed by atoms with Gasteiger partial charge in [0.25, 0.3) is 0 Å². The molecule has 3 heterocycles. The fraction of sp³-hybridized carbons (Fsp3) is 0.500. The number of nitrogen functional groups attached to an aromatic ring is 1. The maximum atomic E-state index is 5.65. The maximum absolute atomic E-state index is 5.65. The van der Waals surface area contributed by atoms with Crippen LogP contribution in [0.25, 0.3) is 0 Å². The van der Waals surface area contributed by atoms with Crippen LogP contribution in [-0.2, 0) is 13.1 Å². The molecule has 0 atom stereocenters. The van der Waals surface area contributed by atoms with E-state index in [1.165, 1.54) is 4.88 Å². The van der Waals surface area contributed by atoms with E-state index in [0.29, 0.717) is 5.13 Å². The van der Waals surface area contributed by atoms with Crippen LogP contribution >= 0.6 is 11.3 Å². The molecule has 0 amide bonds. The molecule has 0 spiro atoms. The summed E-state index contributed by atoms with van der Waals surface area (Å²) in [7, 11) is 0. The first-order chi connectivity index (χ1) is 9.29. The molecule has 0 aromatic carbocycles. The lowest BCUT2D eigenvalue weighted by molar-refractivity contribution is 0.121. The SMILES string of the molecule is Nc1ncc(CN2CCN(Cc3ncc[nH]3)CC2)s1. The number of nitrogens with zero attached hydrogens (tertiary/aromatic N) is 4. The van der Waals surface area contributed by atoms with Gasteiger partial charge in [-0.1, -0.05) is 0 Å². The van der Waals surface area contributed by atoms with Crippen molar-refractivity contribution in [1.29, 1.82) is 0 Å². The molecule has 6 nitrogen and oxygen atoms in total. The van der Waals surface area contributed by atoms with Gasteiger partial charge in [-0.05, 0) is 0 Å². The molecule has 0 saturated carbocycles. The Balaban J connectivity index is 1.46. The molecule has 0 bridgehead atoms. The molecule has 102 valence electrons. The fourth-order valence-electron chi connectivity index (χ4n) is 2.32. The molecule has 0 radical (unpaired) electrons. The van der Waals surface area contributed by atoms with Crippen molar-refractivity contribution in [3.05, 3.63) is 29.3 Å². The molecule has 1 aliphatic heterocycles. The van der Waals surface area contributed by atoms with Crippen LogP contribution in [0.3, 0.4) is 0 Å². The minimum atomic E-state index is 0.659. The number of nitrogens with two attached hydrogens (primary N) is 1. The molecular weight excluding hydrogens is 260 g/mol. The smallest absolute Gasteiger partial charge is 0.180 e. The lowest BCUT2D eigenvalue weighted by Gasteiger charge is -2.33. The van der Waals surface area contributed by atoms with Gasteiger partial charge < -0.3 is 10.7 Å². The average Bonchev–Trinajstić information content (AvgIpc) is 3.04. The van der Waals surface area contributed by atoms with Crippen LogP contribution in [0.15, 0.2) is 18.6 Å². The van der Waals surface area contributed by atoms with Crippen molar-refractivity contribution in [2.45, 2.75) is 13.1 Å². The minimum Gasteiger partial charge on any atom is -0.375 e. The molecule has 2 aromatic rings. The van der Waals surface area contributed by atoms with Crippen molar-refractivity contribution in [2.24, 2.45) is 0 Å². The quantitative estimate of drug-likeness (QED) is 0.864. The number of piperazine rings is 1. The highest BCUT2D eigenvalue weighted by atomic mass is 32.1. The fourth-order valence-corrected chi connectivity index (χ4v) is 3.04. The van der Waals surface area contributed by atoms with Crippen LogP contribution in [0.4, 0.5) is 5.13 Å². The van der Waals surface area contributed by atoms with E-state index in [-0.39, 0.29) is 0 Å². The topological polar surface area (TPSA) is 74.1 Å². The second-order valence-electron chi connectivity index (χ2n) is 4.75. The van der Waals surface area contributed by atoms with Gasteiger partial charge in [0, 0.05) is 56.2 Å². The van der Waals surface area contributed by atoms with Crippen LogP contribution in [0.5, 0.6) is 0 Å². The molecule has 1 fully saturated rings. The largest absolute Gasteiger partial charge is 0.375 e. The number of hydrogen-bond acceptors (Lipinski definition) is 6. The summed E-state index contributed by atoms with van der Waals surface area (Å²) < 4.78 is 0. The highest BCUT2D eigenvalue weighted by molar-refractivity contribution is 7.15. The van der Waals surface area contributed by atoms with E-state index in [9.17, 15) is 0 Å². The zero-order chi connectivity index (χ0) is 13.1. The van der Waals surface area contributed by atoms with Gasteiger partial charge in [0.15, 0.2) is 5.13 Å². The highest BCUT2D eigenvalue weighted by Gasteiger charge is 2.18. The van der Waals surface area contributed by atoms with Crippen molar-refractivity contribution < 1.29 is 0 Å².